The number of ether oxygens (including phenoxy) is 1. The van der Waals surface area contributed by atoms with Gasteiger partial charge in [0.1, 0.15) is 5.75 Å². The van der Waals surface area contributed by atoms with Gasteiger partial charge in [0.2, 0.25) is 0 Å². The molecule has 38 heavy (non-hydrogen) atoms. The number of nitrogens with zero attached hydrogens (tertiary/aromatic N) is 1. The van der Waals surface area contributed by atoms with E-state index in [1.807, 2.05) is 67.6 Å². The molecule has 2 N–H and O–H groups in total. The zero-order valence-electron chi connectivity index (χ0n) is 21.0. The second-order valence-corrected chi connectivity index (χ2v) is 9.60. The van der Waals surface area contributed by atoms with Gasteiger partial charge in [-0.15, -0.1) is 11.8 Å². The van der Waals surface area contributed by atoms with E-state index in [0.29, 0.717) is 11.3 Å². The topological polar surface area (TPSA) is 79.8 Å². The molecular formula is C31H29N3O3S. The Hall–Kier alpha value is -4.36. The molecule has 6 nitrogen and oxygen atoms in total. The first kappa shape index (κ1) is 26.7. The van der Waals surface area contributed by atoms with Crippen LogP contribution in [-0.2, 0) is 10.5 Å². The number of carbonyl (C=O) groups is 2. The predicted molar refractivity (Wildman–Crippen MR) is 152 cm³/mol. The van der Waals surface area contributed by atoms with Crippen molar-refractivity contribution >= 4 is 29.8 Å². The van der Waals surface area contributed by atoms with Crippen LogP contribution in [0.3, 0.4) is 0 Å². The molecule has 0 unspecified atom stereocenters. The van der Waals surface area contributed by atoms with E-state index < -0.39 is 0 Å². The van der Waals surface area contributed by atoms with Gasteiger partial charge in [0.05, 0.1) is 12.3 Å². The minimum absolute atomic E-state index is 0.0790. The molecule has 0 aromatic heterocycles. The molecule has 0 spiro atoms. The molecule has 4 aromatic carbocycles. The Morgan fingerprint density at radius 2 is 1.53 bits per heavy atom. The summed E-state index contributed by atoms with van der Waals surface area (Å²) in [5.74, 6) is 0.928. The van der Waals surface area contributed by atoms with Crippen molar-refractivity contribution in [3.8, 4) is 5.75 Å². The number of rotatable bonds is 11. The lowest BCUT2D eigenvalue weighted by atomic mass is 10.1. The van der Waals surface area contributed by atoms with Gasteiger partial charge in [0.25, 0.3) is 11.8 Å². The van der Waals surface area contributed by atoms with E-state index in [1.165, 1.54) is 4.90 Å². The number of benzene rings is 4. The van der Waals surface area contributed by atoms with Crippen LogP contribution < -0.4 is 15.5 Å². The number of nitrogens with one attached hydrogen (secondary N) is 2. The Bertz CT molecular complexity index is 1340. The van der Waals surface area contributed by atoms with Gasteiger partial charge in [0.15, 0.2) is 6.61 Å². The summed E-state index contributed by atoms with van der Waals surface area (Å²) in [7, 11) is 0. The fourth-order valence-corrected chi connectivity index (χ4v) is 4.45. The summed E-state index contributed by atoms with van der Waals surface area (Å²) in [6.07, 6.45) is 1.56. The average Bonchev–Trinajstić information content (AvgIpc) is 2.97. The summed E-state index contributed by atoms with van der Waals surface area (Å²) in [5, 5.41) is 6.97. The van der Waals surface area contributed by atoms with Crippen molar-refractivity contribution in [3.05, 3.63) is 131 Å². The number of carbonyl (C=O) groups excluding carboxylic acids is 2. The lowest BCUT2D eigenvalue weighted by Crippen LogP contribution is -2.31. The molecule has 0 fully saturated rings. The molecule has 2 amide bonds. The molecule has 0 aliphatic heterocycles. The molecule has 0 saturated heterocycles. The van der Waals surface area contributed by atoms with E-state index in [4.69, 9.17) is 4.74 Å². The highest BCUT2D eigenvalue weighted by molar-refractivity contribution is 7.98. The summed E-state index contributed by atoms with van der Waals surface area (Å²) in [5.41, 5.74) is 6.06. The molecule has 192 valence electrons. The summed E-state index contributed by atoms with van der Waals surface area (Å²) in [6, 6.07) is 34.5. The third-order valence-corrected chi connectivity index (χ3v) is 6.75. The second kappa shape index (κ2) is 13.8. The van der Waals surface area contributed by atoms with E-state index in [1.54, 1.807) is 54.4 Å². The molecule has 0 aliphatic rings. The van der Waals surface area contributed by atoms with E-state index in [2.05, 4.69) is 28.0 Å². The Balaban J connectivity index is 1.19. The lowest BCUT2D eigenvalue weighted by molar-refractivity contribution is -0.123. The van der Waals surface area contributed by atoms with Gasteiger partial charge < -0.3 is 10.1 Å². The van der Waals surface area contributed by atoms with Crippen LogP contribution in [0.25, 0.3) is 0 Å². The average molecular weight is 524 g/mol. The molecule has 0 heterocycles. The second-order valence-electron chi connectivity index (χ2n) is 8.56. The van der Waals surface area contributed by atoms with Crippen molar-refractivity contribution < 1.29 is 14.3 Å². The Morgan fingerprint density at radius 1 is 0.868 bits per heavy atom. The van der Waals surface area contributed by atoms with Crippen LogP contribution in [0.4, 0.5) is 0 Å². The van der Waals surface area contributed by atoms with Crippen molar-refractivity contribution in [1.82, 2.24) is 10.7 Å². The molecule has 0 bridgehead atoms. The zero-order chi connectivity index (χ0) is 26.6. The first-order valence-electron chi connectivity index (χ1n) is 12.2. The summed E-state index contributed by atoms with van der Waals surface area (Å²) in [6.45, 7) is 1.85. The Kier molecular flexibility index (Phi) is 9.70. The van der Waals surface area contributed by atoms with Gasteiger partial charge in [0, 0.05) is 16.2 Å². The van der Waals surface area contributed by atoms with Crippen molar-refractivity contribution in [2.45, 2.75) is 23.6 Å². The highest BCUT2D eigenvalue weighted by Crippen LogP contribution is 2.22. The normalized spacial score (nSPS) is 11.6. The molecule has 4 aromatic rings. The Morgan fingerprint density at radius 3 is 2.21 bits per heavy atom. The summed E-state index contributed by atoms with van der Waals surface area (Å²) < 4.78 is 5.58. The van der Waals surface area contributed by atoms with Crippen LogP contribution in [0.5, 0.6) is 5.75 Å². The maximum Gasteiger partial charge on any atom is 0.271 e. The van der Waals surface area contributed by atoms with Crippen LogP contribution in [0.2, 0.25) is 0 Å². The van der Waals surface area contributed by atoms with Gasteiger partial charge >= 0.3 is 0 Å². The lowest BCUT2D eigenvalue weighted by Gasteiger charge is -2.14. The third kappa shape index (κ3) is 8.35. The zero-order valence-corrected chi connectivity index (χ0v) is 21.9. The largest absolute Gasteiger partial charge is 0.484 e. The quantitative estimate of drug-likeness (QED) is 0.144. The van der Waals surface area contributed by atoms with Gasteiger partial charge in [-0.1, -0.05) is 60.7 Å². The summed E-state index contributed by atoms with van der Waals surface area (Å²) >= 11 is 1.75. The molecule has 0 aliphatic carbocycles. The highest BCUT2D eigenvalue weighted by Gasteiger charge is 2.10. The number of amides is 2. The smallest absolute Gasteiger partial charge is 0.271 e. The molecule has 0 radical (unpaired) electrons. The van der Waals surface area contributed by atoms with Crippen LogP contribution in [0.15, 0.2) is 119 Å². The first-order chi connectivity index (χ1) is 18.6. The number of hydrogen-bond donors (Lipinski definition) is 2. The molecule has 7 heteroatoms. The van der Waals surface area contributed by atoms with Crippen LogP contribution in [-0.4, -0.2) is 24.6 Å². The van der Waals surface area contributed by atoms with Gasteiger partial charge in [-0.25, -0.2) is 5.43 Å². The summed E-state index contributed by atoms with van der Waals surface area (Å²) in [4.78, 5) is 25.8. The van der Waals surface area contributed by atoms with Gasteiger partial charge in [-0.2, -0.15) is 5.10 Å². The van der Waals surface area contributed by atoms with Gasteiger partial charge in [-0.3, -0.25) is 9.59 Å². The van der Waals surface area contributed by atoms with E-state index in [-0.39, 0.29) is 24.5 Å². The predicted octanol–water partition coefficient (Wildman–Crippen LogP) is 6.00. The van der Waals surface area contributed by atoms with Crippen LogP contribution in [0.1, 0.15) is 40.0 Å². The minimum atomic E-state index is -0.279. The number of thioether (sulfide) groups is 1. The molecule has 4 rings (SSSR count). The SMILES string of the molecule is C[C@@H](NC(=O)COc1ccc(/C=N\NC(=O)c2ccc(CSc3ccccc3)cc2)cc1)c1ccccc1. The molecule has 1 atom stereocenters. The van der Waals surface area contributed by atoms with Crippen molar-refractivity contribution in [2.24, 2.45) is 5.10 Å². The fraction of sp³-hybridized carbons (Fsp3) is 0.129. The highest BCUT2D eigenvalue weighted by atomic mass is 32.2. The van der Waals surface area contributed by atoms with Gasteiger partial charge in [-0.05, 0) is 72.1 Å². The Labute approximate surface area is 227 Å². The number of hydrogen-bond acceptors (Lipinski definition) is 5. The van der Waals surface area contributed by atoms with Crippen molar-refractivity contribution in [1.29, 1.82) is 0 Å². The standard InChI is InChI=1S/C31H29N3O3S/c1-23(26-8-4-2-5-9-26)33-30(35)21-37-28-18-14-24(15-19-28)20-32-34-31(36)27-16-12-25(13-17-27)22-38-29-10-6-3-7-11-29/h2-20,23H,21-22H2,1H3,(H,33,35)(H,34,36)/b32-20-/t23-/m1/s1. The van der Waals surface area contributed by atoms with E-state index in [9.17, 15) is 9.59 Å². The van der Waals surface area contributed by atoms with Crippen LogP contribution in [0, 0.1) is 0 Å². The maximum atomic E-state index is 12.4. The van der Waals surface area contributed by atoms with Crippen molar-refractivity contribution in [3.63, 3.8) is 0 Å². The maximum absolute atomic E-state index is 12.4. The fourth-order valence-electron chi connectivity index (χ4n) is 3.57. The van der Waals surface area contributed by atoms with E-state index >= 15 is 0 Å². The molecular weight excluding hydrogens is 494 g/mol. The number of hydrazone groups is 1. The first-order valence-corrected chi connectivity index (χ1v) is 13.2. The minimum Gasteiger partial charge on any atom is -0.484 e. The van der Waals surface area contributed by atoms with Crippen molar-refractivity contribution in [2.75, 3.05) is 6.61 Å². The third-order valence-electron chi connectivity index (χ3n) is 5.67. The monoisotopic (exact) mass is 523 g/mol. The molecule has 0 saturated carbocycles. The van der Waals surface area contributed by atoms with E-state index in [0.717, 1.165) is 22.4 Å². The van der Waals surface area contributed by atoms with Crippen LogP contribution >= 0.6 is 11.8 Å².